The van der Waals surface area contributed by atoms with Gasteiger partial charge in [-0.25, -0.2) is 0 Å². The summed E-state index contributed by atoms with van der Waals surface area (Å²) in [4.78, 5) is 26.3. The Labute approximate surface area is 131 Å². The fourth-order valence-corrected chi connectivity index (χ4v) is 2.46. The van der Waals surface area contributed by atoms with Gasteiger partial charge in [-0.05, 0) is 38.5 Å². The lowest BCUT2D eigenvalue weighted by Crippen LogP contribution is -2.63. The number of nitrogens with one attached hydrogen (secondary N) is 1. The lowest BCUT2D eigenvalue weighted by molar-refractivity contribution is -0.133. The Morgan fingerprint density at radius 3 is 2.91 bits per heavy atom. The van der Waals surface area contributed by atoms with Crippen LogP contribution in [0.25, 0.3) is 0 Å². The third kappa shape index (κ3) is 3.40. The van der Waals surface area contributed by atoms with E-state index in [2.05, 4.69) is 12.2 Å². The van der Waals surface area contributed by atoms with E-state index in [-0.39, 0.29) is 11.8 Å². The Morgan fingerprint density at radius 1 is 1.41 bits per heavy atom. The topological polar surface area (TPSA) is 58.6 Å². The van der Waals surface area contributed by atoms with Crippen LogP contribution < -0.4 is 10.1 Å². The molecule has 1 aromatic rings. The van der Waals surface area contributed by atoms with Crippen molar-refractivity contribution in [1.29, 1.82) is 0 Å². The minimum Gasteiger partial charge on any atom is -0.494 e. The number of unbranched alkanes of at least 4 members (excludes halogenated alkanes) is 1. The van der Waals surface area contributed by atoms with E-state index in [1.807, 2.05) is 12.1 Å². The molecule has 5 heteroatoms. The summed E-state index contributed by atoms with van der Waals surface area (Å²) in [7, 11) is 0. The number of hydrogen-bond donors (Lipinski definition) is 1. The summed E-state index contributed by atoms with van der Waals surface area (Å²) in [5, 5.41) is 2.80. The molecule has 120 valence electrons. The summed E-state index contributed by atoms with van der Waals surface area (Å²) < 4.78 is 5.65. The zero-order valence-corrected chi connectivity index (χ0v) is 13.5. The van der Waals surface area contributed by atoms with Crippen LogP contribution in [0.4, 0.5) is 0 Å². The lowest BCUT2D eigenvalue weighted by Gasteiger charge is -2.41. The Hall–Kier alpha value is -2.04. The molecule has 0 aromatic heterocycles. The summed E-state index contributed by atoms with van der Waals surface area (Å²) in [6, 6.07) is 7.17. The van der Waals surface area contributed by atoms with Gasteiger partial charge < -0.3 is 15.0 Å². The third-order valence-corrected chi connectivity index (χ3v) is 3.94. The molecular weight excluding hydrogens is 280 g/mol. The van der Waals surface area contributed by atoms with E-state index >= 15 is 0 Å². The number of amides is 2. The summed E-state index contributed by atoms with van der Waals surface area (Å²) in [5.74, 6) is 0.432. The fraction of sp³-hybridized carbons (Fsp3) is 0.529. The van der Waals surface area contributed by atoms with Crippen molar-refractivity contribution < 1.29 is 14.3 Å². The molecule has 22 heavy (non-hydrogen) atoms. The van der Waals surface area contributed by atoms with Crippen LogP contribution in [0.15, 0.2) is 24.3 Å². The van der Waals surface area contributed by atoms with Crippen molar-refractivity contribution in [3.05, 3.63) is 29.8 Å². The maximum Gasteiger partial charge on any atom is 0.254 e. The quantitative estimate of drug-likeness (QED) is 0.849. The van der Waals surface area contributed by atoms with Crippen LogP contribution >= 0.6 is 0 Å². The van der Waals surface area contributed by atoms with Crippen molar-refractivity contribution in [2.24, 2.45) is 0 Å². The van der Waals surface area contributed by atoms with Crippen molar-refractivity contribution in [1.82, 2.24) is 10.2 Å². The van der Waals surface area contributed by atoms with Crippen LogP contribution in [0.5, 0.6) is 5.75 Å². The van der Waals surface area contributed by atoms with E-state index in [9.17, 15) is 9.59 Å². The second-order valence-electron chi connectivity index (χ2n) is 6.00. The molecule has 1 heterocycles. The molecule has 0 bridgehead atoms. The van der Waals surface area contributed by atoms with E-state index in [1.54, 1.807) is 30.9 Å². The van der Waals surface area contributed by atoms with Gasteiger partial charge in [0.1, 0.15) is 11.3 Å². The van der Waals surface area contributed by atoms with Gasteiger partial charge in [0.05, 0.1) is 6.61 Å². The molecule has 0 unspecified atom stereocenters. The first-order valence-electron chi connectivity index (χ1n) is 7.80. The molecule has 0 aliphatic carbocycles. The number of hydrogen-bond acceptors (Lipinski definition) is 3. The van der Waals surface area contributed by atoms with Crippen molar-refractivity contribution in [3.63, 3.8) is 0 Å². The van der Waals surface area contributed by atoms with Gasteiger partial charge in [-0.15, -0.1) is 0 Å². The van der Waals surface area contributed by atoms with Gasteiger partial charge >= 0.3 is 0 Å². The number of carbonyl (C=O) groups is 2. The molecule has 0 atom stereocenters. The average Bonchev–Trinajstić information content (AvgIpc) is 2.50. The van der Waals surface area contributed by atoms with E-state index in [1.165, 1.54) is 0 Å². The zero-order chi connectivity index (χ0) is 16.2. The number of piperazine rings is 1. The number of rotatable bonds is 5. The monoisotopic (exact) mass is 304 g/mol. The minimum absolute atomic E-state index is 0.123. The number of benzene rings is 1. The molecule has 1 saturated heterocycles. The highest BCUT2D eigenvalue weighted by molar-refractivity contribution is 5.99. The van der Waals surface area contributed by atoms with Crippen LogP contribution in [-0.2, 0) is 4.79 Å². The highest BCUT2D eigenvalue weighted by Gasteiger charge is 2.40. The normalized spacial score (nSPS) is 17.0. The van der Waals surface area contributed by atoms with Crippen LogP contribution in [0.2, 0.25) is 0 Å². The predicted molar refractivity (Wildman–Crippen MR) is 85.0 cm³/mol. The van der Waals surface area contributed by atoms with Gasteiger partial charge in [0.2, 0.25) is 5.91 Å². The lowest BCUT2D eigenvalue weighted by atomic mass is 9.97. The van der Waals surface area contributed by atoms with Crippen molar-refractivity contribution >= 4 is 11.8 Å². The largest absolute Gasteiger partial charge is 0.494 e. The number of nitrogens with zero attached hydrogens (tertiary/aromatic N) is 1. The predicted octanol–water partition coefficient (Wildman–Crippen LogP) is 2.22. The highest BCUT2D eigenvalue weighted by Crippen LogP contribution is 2.22. The first kappa shape index (κ1) is 16.3. The molecule has 0 saturated carbocycles. The van der Waals surface area contributed by atoms with Gasteiger partial charge in [0.15, 0.2) is 0 Å². The summed E-state index contributed by atoms with van der Waals surface area (Å²) >= 11 is 0. The molecule has 1 N–H and O–H groups in total. The van der Waals surface area contributed by atoms with Gasteiger partial charge in [-0.2, -0.15) is 0 Å². The minimum atomic E-state index is -0.839. The molecule has 1 aliphatic rings. The SMILES string of the molecule is CCCCOc1cccc(C(=O)N2CCNC(=O)C2(C)C)c1. The average molecular weight is 304 g/mol. The summed E-state index contributed by atoms with van der Waals surface area (Å²) in [6.07, 6.45) is 2.05. The first-order valence-corrected chi connectivity index (χ1v) is 7.80. The van der Waals surface area contributed by atoms with Crippen molar-refractivity contribution in [2.75, 3.05) is 19.7 Å². The standard InChI is InChI=1S/C17H24N2O3/c1-4-5-11-22-14-8-6-7-13(12-14)15(20)19-10-9-18-16(21)17(19,2)3/h6-8,12H,4-5,9-11H2,1-3H3,(H,18,21). The van der Waals surface area contributed by atoms with Crippen molar-refractivity contribution in [3.8, 4) is 5.75 Å². The fourth-order valence-electron chi connectivity index (χ4n) is 2.46. The second-order valence-corrected chi connectivity index (χ2v) is 6.00. The first-order chi connectivity index (χ1) is 10.5. The van der Waals surface area contributed by atoms with Crippen LogP contribution in [0, 0.1) is 0 Å². The molecule has 2 amide bonds. The maximum atomic E-state index is 12.7. The van der Waals surface area contributed by atoms with E-state index < -0.39 is 5.54 Å². The molecule has 1 aliphatic heterocycles. The third-order valence-electron chi connectivity index (χ3n) is 3.94. The smallest absolute Gasteiger partial charge is 0.254 e. The van der Waals surface area contributed by atoms with Crippen LogP contribution in [0.3, 0.4) is 0 Å². The Bertz CT molecular complexity index is 555. The molecule has 0 spiro atoms. The number of carbonyl (C=O) groups excluding carboxylic acids is 2. The maximum absolute atomic E-state index is 12.7. The molecule has 1 aromatic carbocycles. The van der Waals surface area contributed by atoms with Crippen LogP contribution in [0.1, 0.15) is 44.0 Å². The molecule has 2 rings (SSSR count). The van der Waals surface area contributed by atoms with E-state index in [0.717, 1.165) is 12.8 Å². The van der Waals surface area contributed by atoms with Crippen molar-refractivity contribution in [2.45, 2.75) is 39.2 Å². The Morgan fingerprint density at radius 2 is 2.18 bits per heavy atom. The molecular formula is C17H24N2O3. The molecule has 5 nitrogen and oxygen atoms in total. The Kier molecular flexibility index (Phi) is 5.06. The highest BCUT2D eigenvalue weighted by atomic mass is 16.5. The molecule has 0 radical (unpaired) electrons. The van der Waals surface area contributed by atoms with Gasteiger partial charge in [0, 0.05) is 18.7 Å². The van der Waals surface area contributed by atoms with Gasteiger partial charge in [-0.1, -0.05) is 19.4 Å². The second kappa shape index (κ2) is 6.81. The summed E-state index contributed by atoms with van der Waals surface area (Å²) in [6.45, 7) is 7.28. The number of ether oxygens (including phenoxy) is 1. The van der Waals surface area contributed by atoms with Gasteiger partial charge in [0.25, 0.3) is 5.91 Å². The van der Waals surface area contributed by atoms with E-state index in [0.29, 0.717) is 31.0 Å². The van der Waals surface area contributed by atoms with Gasteiger partial charge in [-0.3, -0.25) is 9.59 Å². The zero-order valence-electron chi connectivity index (χ0n) is 13.5. The Balaban J connectivity index is 2.15. The van der Waals surface area contributed by atoms with Crippen LogP contribution in [-0.4, -0.2) is 41.9 Å². The van der Waals surface area contributed by atoms with E-state index in [4.69, 9.17) is 4.74 Å². The molecule has 1 fully saturated rings. The summed E-state index contributed by atoms with van der Waals surface area (Å²) in [5.41, 5.74) is -0.286.